The summed E-state index contributed by atoms with van der Waals surface area (Å²) in [4.78, 5) is 14.0. The van der Waals surface area contributed by atoms with Crippen molar-refractivity contribution in [3.8, 4) is 11.3 Å². The Morgan fingerprint density at radius 1 is 1.47 bits per heavy atom. The van der Waals surface area contributed by atoms with E-state index in [1.807, 2.05) is 5.32 Å². The number of nitrogens with zero attached hydrogens (tertiary/aromatic N) is 1. The SMILES string of the molecule is O=C(F)Nc1cccc(-c2cnco2)c1. The molecule has 1 aromatic heterocycles. The van der Waals surface area contributed by atoms with Crippen molar-refractivity contribution in [2.24, 2.45) is 0 Å². The second-order valence-electron chi connectivity index (χ2n) is 2.85. The quantitative estimate of drug-likeness (QED) is 0.607. The fourth-order valence-corrected chi connectivity index (χ4v) is 1.22. The molecule has 0 atom stereocenters. The molecule has 0 aliphatic rings. The molecule has 1 N–H and O–H groups in total. The van der Waals surface area contributed by atoms with Crippen molar-refractivity contribution in [3.05, 3.63) is 36.9 Å². The first-order chi connectivity index (χ1) is 7.25. The Labute approximate surface area is 84.7 Å². The lowest BCUT2D eigenvalue weighted by Crippen LogP contribution is -2.01. The van der Waals surface area contributed by atoms with Crippen LogP contribution < -0.4 is 5.32 Å². The minimum Gasteiger partial charge on any atom is -0.444 e. The first kappa shape index (κ1) is 9.39. The molecule has 2 rings (SSSR count). The van der Waals surface area contributed by atoms with Crippen molar-refractivity contribution in [2.75, 3.05) is 5.32 Å². The van der Waals surface area contributed by atoms with Crippen molar-refractivity contribution in [1.29, 1.82) is 0 Å². The van der Waals surface area contributed by atoms with E-state index in [0.29, 0.717) is 11.4 Å². The van der Waals surface area contributed by atoms with Gasteiger partial charge in [0.15, 0.2) is 12.2 Å². The van der Waals surface area contributed by atoms with Gasteiger partial charge in [0.2, 0.25) is 0 Å². The average molecular weight is 206 g/mol. The number of oxazole rings is 1. The van der Waals surface area contributed by atoms with Gasteiger partial charge in [-0.05, 0) is 12.1 Å². The lowest BCUT2D eigenvalue weighted by Gasteiger charge is -2.01. The van der Waals surface area contributed by atoms with Gasteiger partial charge in [-0.15, -0.1) is 4.39 Å². The van der Waals surface area contributed by atoms with Gasteiger partial charge in [0.1, 0.15) is 0 Å². The van der Waals surface area contributed by atoms with Gasteiger partial charge in [0, 0.05) is 11.3 Å². The zero-order valence-corrected chi connectivity index (χ0v) is 7.61. The number of anilines is 1. The minimum absolute atomic E-state index is 0.372. The molecule has 0 saturated carbocycles. The van der Waals surface area contributed by atoms with Gasteiger partial charge in [-0.2, -0.15) is 0 Å². The van der Waals surface area contributed by atoms with E-state index in [9.17, 15) is 9.18 Å². The third kappa shape index (κ3) is 2.19. The second kappa shape index (κ2) is 3.91. The first-order valence-electron chi connectivity index (χ1n) is 4.21. The summed E-state index contributed by atoms with van der Waals surface area (Å²) in [5, 5.41) is 2.04. The molecule has 5 heteroatoms. The maximum absolute atomic E-state index is 12.1. The Morgan fingerprint density at radius 2 is 2.33 bits per heavy atom. The van der Waals surface area contributed by atoms with E-state index in [4.69, 9.17) is 4.42 Å². The largest absolute Gasteiger partial charge is 0.444 e. The number of amides is 1. The van der Waals surface area contributed by atoms with Crippen LogP contribution in [0.4, 0.5) is 14.9 Å². The van der Waals surface area contributed by atoms with Crippen LogP contribution in [0.1, 0.15) is 0 Å². The lowest BCUT2D eigenvalue weighted by atomic mass is 10.1. The molecule has 0 radical (unpaired) electrons. The fourth-order valence-electron chi connectivity index (χ4n) is 1.22. The number of halogens is 1. The van der Waals surface area contributed by atoms with E-state index < -0.39 is 6.16 Å². The first-order valence-corrected chi connectivity index (χ1v) is 4.21. The van der Waals surface area contributed by atoms with Crippen molar-refractivity contribution in [3.63, 3.8) is 0 Å². The number of nitrogens with one attached hydrogen (secondary N) is 1. The Bertz CT molecular complexity index is 468. The monoisotopic (exact) mass is 206 g/mol. The highest BCUT2D eigenvalue weighted by atomic mass is 19.1. The number of hydrogen-bond acceptors (Lipinski definition) is 3. The molecule has 0 fully saturated rings. The molecular formula is C10H7FN2O2. The van der Waals surface area contributed by atoms with Crippen molar-refractivity contribution in [1.82, 2.24) is 4.98 Å². The molecule has 0 aliphatic carbocycles. The molecule has 15 heavy (non-hydrogen) atoms. The van der Waals surface area contributed by atoms with Crippen LogP contribution in [-0.4, -0.2) is 11.1 Å². The molecule has 0 unspecified atom stereocenters. The molecule has 0 aliphatic heterocycles. The number of aromatic nitrogens is 1. The van der Waals surface area contributed by atoms with Crippen LogP contribution >= 0.6 is 0 Å². The maximum atomic E-state index is 12.1. The molecule has 1 heterocycles. The molecule has 1 amide bonds. The topological polar surface area (TPSA) is 55.1 Å². The highest BCUT2D eigenvalue weighted by molar-refractivity contribution is 5.84. The number of rotatable bonds is 2. The van der Waals surface area contributed by atoms with E-state index in [1.54, 1.807) is 24.3 Å². The minimum atomic E-state index is -1.59. The summed E-state index contributed by atoms with van der Waals surface area (Å²) in [5.74, 6) is 0.560. The Hall–Kier alpha value is -2.17. The lowest BCUT2D eigenvalue weighted by molar-refractivity contribution is 0.235. The predicted octanol–water partition coefficient (Wildman–Crippen LogP) is 2.84. The number of hydrogen-bond donors (Lipinski definition) is 1. The van der Waals surface area contributed by atoms with E-state index in [2.05, 4.69) is 4.98 Å². The van der Waals surface area contributed by atoms with Crippen LogP contribution in [0.15, 0.2) is 41.3 Å². The van der Waals surface area contributed by atoms with Crippen molar-refractivity contribution < 1.29 is 13.6 Å². The maximum Gasteiger partial charge on any atom is 0.401 e. The van der Waals surface area contributed by atoms with Crippen molar-refractivity contribution in [2.45, 2.75) is 0 Å². The van der Waals surface area contributed by atoms with Gasteiger partial charge in [-0.25, -0.2) is 9.78 Å². The van der Waals surface area contributed by atoms with E-state index in [1.165, 1.54) is 12.6 Å². The summed E-state index contributed by atoms with van der Waals surface area (Å²) in [5.41, 5.74) is 1.09. The molecule has 0 bridgehead atoms. The molecule has 1 aromatic carbocycles. The molecule has 0 saturated heterocycles. The Balaban J connectivity index is 2.31. The van der Waals surface area contributed by atoms with Crippen LogP contribution in [0.2, 0.25) is 0 Å². The highest BCUT2D eigenvalue weighted by Gasteiger charge is 2.03. The third-order valence-corrected chi connectivity index (χ3v) is 1.82. The predicted molar refractivity (Wildman–Crippen MR) is 52.1 cm³/mol. The number of benzene rings is 1. The zero-order valence-electron chi connectivity index (χ0n) is 7.61. The number of carbonyl (C=O) groups excluding carboxylic acids is 1. The summed E-state index contributed by atoms with van der Waals surface area (Å²) >= 11 is 0. The van der Waals surface area contributed by atoms with Crippen LogP contribution in [0.5, 0.6) is 0 Å². The highest BCUT2D eigenvalue weighted by Crippen LogP contribution is 2.21. The van der Waals surface area contributed by atoms with Gasteiger partial charge in [-0.3, -0.25) is 5.32 Å². The number of carbonyl (C=O) groups is 1. The van der Waals surface area contributed by atoms with Crippen LogP contribution in [0, 0.1) is 0 Å². The van der Waals surface area contributed by atoms with E-state index in [-0.39, 0.29) is 0 Å². The van der Waals surface area contributed by atoms with Crippen LogP contribution in [0.3, 0.4) is 0 Å². The van der Waals surface area contributed by atoms with E-state index in [0.717, 1.165) is 5.56 Å². The Kier molecular flexibility index (Phi) is 2.45. The molecule has 4 nitrogen and oxygen atoms in total. The molecule has 2 aromatic rings. The van der Waals surface area contributed by atoms with Gasteiger partial charge in [0.25, 0.3) is 0 Å². The normalized spacial score (nSPS) is 9.93. The van der Waals surface area contributed by atoms with Crippen molar-refractivity contribution >= 4 is 11.8 Å². The summed E-state index contributed by atoms with van der Waals surface area (Å²) in [6.07, 6.45) is 1.25. The van der Waals surface area contributed by atoms with Crippen LogP contribution in [0.25, 0.3) is 11.3 Å². The average Bonchev–Trinajstić information content (AvgIpc) is 2.69. The summed E-state index contributed by atoms with van der Waals surface area (Å²) in [6.45, 7) is 0. The summed E-state index contributed by atoms with van der Waals surface area (Å²) in [7, 11) is 0. The second-order valence-corrected chi connectivity index (χ2v) is 2.85. The van der Waals surface area contributed by atoms with Gasteiger partial charge < -0.3 is 4.42 Å². The van der Waals surface area contributed by atoms with E-state index >= 15 is 0 Å². The van der Waals surface area contributed by atoms with Crippen LogP contribution in [-0.2, 0) is 0 Å². The van der Waals surface area contributed by atoms with Gasteiger partial charge >= 0.3 is 6.16 Å². The standard InChI is InChI=1S/C10H7FN2O2/c11-10(14)13-8-3-1-2-7(4-8)9-5-12-6-15-9/h1-6H,(H,13,14). The fraction of sp³-hybridized carbons (Fsp3) is 0. The Morgan fingerprint density at radius 3 is 3.00 bits per heavy atom. The summed E-state index contributed by atoms with van der Waals surface area (Å²) in [6, 6.07) is 6.63. The molecule has 76 valence electrons. The molecular weight excluding hydrogens is 199 g/mol. The van der Waals surface area contributed by atoms with Gasteiger partial charge in [0.05, 0.1) is 6.20 Å². The zero-order chi connectivity index (χ0) is 10.7. The summed E-state index contributed by atoms with van der Waals surface area (Å²) < 4.78 is 17.1. The molecule has 0 spiro atoms. The smallest absolute Gasteiger partial charge is 0.401 e. The van der Waals surface area contributed by atoms with Gasteiger partial charge in [-0.1, -0.05) is 12.1 Å². The third-order valence-electron chi connectivity index (χ3n) is 1.82.